The lowest BCUT2D eigenvalue weighted by molar-refractivity contribution is -0.139. The standard InChI is InChI=1S/C48H59N9O6/c1-3-20-56(21-4-2)48(63)37-23-35-13-14-36(25-41(35)54-42(49)26-37)47(62)53-39-24-38-30-55(22-17-40(38)52-27-39)28-31-5-9-33(10-6-31)45(60)50-18-19-51-46(61)34-11-7-32(8-12-34)29-57-43(58)15-16-44(57)59/h5-6,9-10,13-14,23-25,27,32,34H,3-4,7-8,11-12,15-22,26,28-30H2,1-2H3,(H2,49,54)(H,50,60)(H,51,61)(H,53,62). The third-order valence-electron chi connectivity index (χ3n) is 12.3. The summed E-state index contributed by atoms with van der Waals surface area (Å²) in [6, 6.07) is 14.7. The number of fused-ring (bicyclic) bond motifs is 2. The summed E-state index contributed by atoms with van der Waals surface area (Å²) in [7, 11) is 0. The second kappa shape index (κ2) is 20.8. The first-order valence-corrected chi connectivity index (χ1v) is 22.4. The Labute approximate surface area is 368 Å². The van der Waals surface area contributed by atoms with Crippen molar-refractivity contribution in [1.82, 2.24) is 30.3 Å². The fourth-order valence-electron chi connectivity index (χ4n) is 8.94. The van der Waals surface area contributed by atoms with Crippen molar-refractivity contribution in [3.63, 3.8) is 0 Å². The average molecular weight is 858 g/mol. The van der Waals surface area contributed by atoms with Crippen LogP contribution in [0.25, 0.3) is 6.08 Å². The summed E-state index contributed by atoms with van der Waals surface area (Å²) in [4.78, 5) is 91.2. The molecular formula is C48H59N9O6. The maximum atomic E-state index is 13.5. The third kappa shape index (κ3) is 11.4. The second-order valence-corrected chi connectivity index (χ2v) is 17.1. The van der Waals surface area contributed by atoms with Crippen LogP contribution in [-0.4, -0.2) is 100 Å². The zero-order valence-electron chi connectivity index (χ0n) is 36.4. The van der Waals surface area contributed by atoms with E-state index in [2.05, 4.69) is 44.7 Å². The molecule has 0 radical (unpaired) electrons. The van der Waals surface area contributed by atoms with Crippen molar-refractivity contribution in [3.8, 4) is 0 Å². The molecule has 0 spiro atoms. The van der Waals surface area contributed by atoms with Crippen LogP contribution in [0.2, 0.25) is 0 Å². The number of aromatic nitrogens is 1. The van der Waals surface area contributed by atoms with Crippen molar-refractivity contribution in [2.75, 3.05) is 44.6 Å². The maximum Gasteiger partial charge on any atom is 0.255 e. The van der Waals surface area contributed by atoms with Gasteiger partial charge in [-0.15, -0.1) is 0 Å². The minimum atomic E-state index is -0.306. The van der Waals surface area contributed by atoms with Gasteiger partial charge < -0.3 is 26.6 Å². The number of hydrogen-bond acceptors (Lipinski definition) is 10. The Bertz CT molecular complexity index is 2260. The van der Waals surface area contributed by atoms with Crippen molar-refractivity contribution in [3.05, 3.63) is 93.8 Å². The number of aliphatic imine (C=N–C) groups is 1. The van der Waals surface area contributed by atoms with E-state index in [4.69, 9.17) is 5.73 Å². The molecule has 2 fully saturated rings. The Morgan fingerprint density at radius 3 is 2.25 bits per heavy atom. The van der Waals surface area contributed by atoms with E-state index in [0.717, 1.165) is 73.9 Å². The molecule has 1 saturated heterocycles. The van der Waals surface area contributed by atoms with Gasteiger partial charge in [-0.1, -0.05) is 32.0 Å². The quantitative estimate of drug-likeness (QED) is 0.112. The highest BCUT2D eigenvalue weighted by molar-refractivity contribution is 6.08. The van der Waals surface area contributed by atoms with Crippen LogP contribution in [0.3, 0.4) is 0 Å². The van der Waals surface area contributed by atoms with E-state index >= 15 is 0 Å². The number of pyridine rings is 1. The molecule has 4 heterocycles. The Morgan fingerprint density at radius 2 is 1.54 bits per heavy atom. The number of nitrogens with zero attached hydrogens (tertiary/aromatic N) is 5. The highest BCUT2D eigenvalue weighted by atomic mass is 16.2. The molecule has 5 N–H and O–H groups in total. The van der Waals surface area contributed by atoms with Gasteiger partial charge >= 0.3 is 0 Å². The molecule has 15 heteroatoms. The Balaban J connectivity index is 0.856. The highest BCUT2D eigenvalue weighted by Gasteiger charge is 2.33. The fourth-order valence-corrected chi connectivity index (χ4v) is 8.94. The van der Waals surface area contributed by atoms with E-state index in [-0.39, 0.29) is 53.7 Å². The minimum absolute atomic E-state index is 0.0236. The van der Waals surface area contributed by atoms with Crippen molar-refractivity contribution < 1.29 is 28.8 Å². The van der Waals surface area contributed by atoms with Gasteiger partial charge in [-0.25, -0.2) is 4.99 Å². The summed E-state index contributed by atoms with van der Waals surface area (Å²) >= 11 is 0. The molecule has 1 aliphatic carbocycles. The van der Waals surface area contributed by atoms with E-state index in [1.807, 2.05) is 41.3 Å². The van der Waals surface area contributed by atoms with Crippen LogP contribution in [0.4, 0.5) is 11.4 Å². The summed E-state index contributed by atoms with van der Waals surface area (Å²) in [5, 5.41) is 8.83. The lowest BCUT2D eigenvalue weighted by Gasteiger charge is -2.30. The van der Waals surface area contributed by atoms with Crippen LogP contribution >= 0.6 is 0 Å². The smallest absolute Gasteiger partial charge is 0.255 e. The van der Waals surface area contributed by atoms with Gasteiger partial charge in [0, 0.05) is 112 Å². The highest BCUT2D eigenvalue weighted by Crippen LogP contribution is 2.32. The monoisotopic (exact) mass is 857 g/mol. The zero-order valence-corrected chi connectivity index (χ0v) is 36.4. The predicted octanol–water partition coefficient (Wildman–Crippen LogP) is 5.12. The Hall–Kier alpha value is -6.22. The van der Waals surface area contributed by atoms with Crippen LogP contribution in [0.1, 0.15) is 115 Å². The molecule has 0 unspecified atom stereocenters. The predicted molar refractivity (Wildman–Crippen MR) is 241 cm³/mol. The molecule has 3 aromatic rings. The zero-order chi connectivity index (χ0) is 44.5. The van der Waals surface area contributed by atoms with Crippen molar-refractivity contribution in [1.29, 1.82) is 0 Å². The molecule has 1 aromatic heterocycles. The molecular weight excluding hydrogens is 799 g/mol. The van der Waals surface area contributed by atoms with Crippen LogP contribution in [0, 0.1) is 11.8 Å². The van der Waals surface area contributed by atoms with E-state index in [9.17, 15) is 28.8 Å². The van der Waals surface area contributed by atoms with Gasteiger partial charge in [0.05, 0.1) is 17.6 Å². The number of imide groups is 1. The van der Waals surface area contributed by atoms with Crippen molar-refractivity contribution in [2.24, 2.45) is 22.6 Å². The molecule has 15 nitrogen and oxygen atoms in total. The van der Waals surface area contributed by atoms with Gasteiger partial charge in [0.25, 0.3) is 11.8 Å². The number of amides is 6. The Kier molecular flexibility index (Phi) is 14.8. The SMILES string of the molecule is CCCN(CCC)C(=O)C1=Cc2ccc(C(=O)Nc3cnc4c(c3)CN(Cc3ccc(C(=O)NCCNC(=O)C5CCC(CN6C(=O)CCC6=O)CC5)cc3)CC4)cc2N=C(N)C1. The molecule has 0 bridgehead atoms. The maximum absolute atomic E-state index is 13.5. The number of nitrogens with two attached hydrogens (primary N) is 1. The summed E-state index contributed by atoms with van der Waals surface area (Å²) in [5.74, 6) is -0.300. The summed E-state index contributed by atoms with van der Waals surface area (Å²) in [5.41, 5.74) is 12.7. The summed E-state index contributed by atoms with van der Waals surface area (Å²) < 4.78 is 0. The van der Waals surface area contributed by atoms with Gasteiger partial charge in [0.15, 0.2) is 0 Å². The molecule has 332 valence electrons. The normalized spacial score (nSPS) is 18.7. The van der Waals surface area contributed by atoms with Crippen LogP contribution in [0.15, 0.2) is 65.3 Å². The molecule has 3 aliphatic heterocycles. The first-order chi connectivity index (χ1) is 30.5. The van der Waals surface area contributed by atoms with E-state index in [1.165, 1.54) is 4.90 Å². The molecule has 0 atom stereocenters. The fraction of sp³-hybridized carbons (Fsp3) is 0.458. The lowest BCUT2D eigenvalue weighted by Crippen LogP contribution is -2.40. The van der Waals surface area contributed by atoms with Crippen LogP contribution in [-0.2, 0) is 38.7 Å². The minimum Gasteiger partial charge on any atom is -0.387 e. The third-order valence-corrected chi connectivity index (χ3v) is 12.3. The number of carbonyl (C=O) groups is 6. The van der Waals surface area contributed by atoms with Crippen LogP contribution < -0.4 is 21.7 Å². The number of benzene rings is 2. The van der Waals surface area contributed by atoms with Crippen molar-refractivity contribution >= 4 is 58.7 Å². The number of rotatable bonds is 16. The molecule has 4 aliphatic rings. The van der Waals surface area contributed by atoms with Gasteiger partial charge in [0.2, 0.25) is 23.6 Å². The molecule has 7 rings (SSSR count). The largest absolute Gasteiger partial charge is 0.387 e. The number of nitrogens with one attached hydrogen (secondary N) is 3. The summed E-state index contributed by atoms with van der Waals surface area (Å²) in [6.07, 6.45) is 9.91. The number of likely N-dealkylation sites (tertiary alicyclic amines) is 1. The van der Waals surface area contributed by atoms with E-state index in [0.29, 0.717) is 92.6 Å². The Morgan fingerprint density at radius 1 is 0.841 bits per heavy atom. The first-order valence-electron chi connectivity index (χ1n) is 22.4. The number of carbonyl (C=O) groups excluding carboxylic acids is 6. The van der Waals surface area contributed by atoms with Crippen LogP contribution in [0.5, 0.6) is 0 Å². The van der Waals surface area contributed by atoms with E-state index < -0.39 is 0 Å². The molecule has 2 aromatic carbocycles. The number of amidine groups is 1. The number of hydrogen-bond donors (Lipinski definition) is 4. The lowest BCUT2D eigenvalue weighted by atomic mass is 9.81. The van der Waals surface area contributed by atoms with Crippen molar-refractivity contribution in [2.45, 2.75) is 91.1 Å². The van der Waals surface area contributed by atoms with Gasteiger partial charge in [-0.3, -0.25) is 43.6 Å². The van der Waals surface area contributed by atoms with Gasteiger partial charge in [-0.2, -0.15) is 0 Å². The number of anilines is 1. The van der Waals surface area contributed by atoms with E-state index in [1.54, 1.807) is 24.4 Å². The summed E-state index contributed by atoms with van der Waals surface area (Å²) in [6.45, 7) is 8.69. The second-order valence-electron chi connectivity index (χ2n) is 17.1. The topological polar surface area (TPSA) is 200 Å². The molecule has 1 saturated carbocycles. The van der Waals surface area contributed by atoms with Gasteiger partial charge in [0.1, 0.15) is 5.84 Å². The first kappa shape index (κ1) is 44.8. The molecule has 63 heavy (non-hydrogen) atoms. The van der Waals surface area contributed by atoms with Gasteiger partial charge in [-0.05, 0) is 92.0 Å². The average Bonchev–Trinajstić information content (AvgIpc) is 3.49. The molecule has 6 amide bonds.